The van der Waals surface area contributed by atoms with Crippen LogP contribution in [0.5, 0.6) is 0 Å². The van der Waals surface area contributed by atoms with Gasteiger partial charge in [0.2, 0.25) is 0 Å². The largest absolute Gasteiger partial charge is 0.271 e. The van der Waals surface area contributed by atoms with Crippen molar-refractivity contribution in [3.05, 3.63) is 16.4 Å². The van der Waals surface area contributed by atoms with E-state index in [1.54, 1.807) is 0 Å². The zero-order valence-electron chi connectivity index (χ0n) is 8.85. The monoisotopic (exact) mass is 278 g/mol. The van der Waals surface area contributed by atoms with Gasteiger partial charge in [-0.15, -0.1) is 0 Å². The maximum Gasteiger partial charge on any atom is 0.0849 e. The lowest BCUT2D eigenvalue weighted by Crippen LogP contribution is -2.06. The second-order valence-corrected chi connectivity index (χ2v) is 4.67. The smallest absolute Gasteiger partial charge is 0.0849 e. The molecule has 0 saturated carbocycles. The third kappa shape index (κ3) is 2.51. The molecule has 1 aromatic heterocycles. The van der Waals surface area contributed by atoms with Crippen molar-refractivity contribution in [1.82, 2.24) is 9.78 Å². The van der Waals surface area contributed by atoms with E-state index in [2.05, 4.69) is 34.9 Å². The van der Waals surface area contributed by atoms with Crippen LogP contribution in [0.4, 0.5) is 0 Å². The van der Waals surface area contributed by atoms with Crippen LogP contribution in [0.1, 0.15) is 25.2 Å². The van der Waals surface area contributed by atoms with Crippen LogP contribution in [0, 0.1) is 5.92 Å². The first-order chi connectivity index (χ1) is 6.60. The second kappa shape index (κ2) is 5.17. The summed E-state index contributed by atoms with van der Waals surface area (Å²) in [6.07, 6.45) is 1.88. The summed E-state index contributed by atoms with van der Waals surface area (Å²) in [4.78, 5) is 0. The normalized spacial score (nSPS) is 13.2. The van der Waals surface area contributed by atoms with Crippen molar-refractivity contribution in [2.24, 2.45) is 13.0 Å². The summed E-state index contributed by atoms with van der Waals surface area (Å²) in [6, 6.07) is 0. The van der Waals surface area contributed by atoms with Gasteiger partial charge in [-0.2, -0.15) is 5.10 Å². The molecule has 0 aliphatic carbocycles. The molecule has 0 fully saturated rings. The Kier molecular flexibility index (Phi) is 4.45. The number of hydrogen-bond donors (Lipinski definition) is 0. The predicted molar refractivity (Wildman–Crippen MR) is 64.3 cm³/mol. The van der Waals surface area contributed by atoms with Gasteiger partial charge in [0.15, 0.2) is 0 Å². The van der Waals surface area contributed by atoms with Crippen molar-refractivity contribution in [1.29, 1.82) is 0 Å². The molecule has 0 aromatic carbocycles. The minimum Gasteiger partial charge on any atom is -0.271 e. The molecule has 0 aliphatic heterocycles. The van der Waals surface area contributed by atoms with Gasteiger partial charge in [-0.25, -0.2) is 0 Å². The number of hydrogen-bond acceptors (Lipinski definition) is 1. The molecular weight excluding hydrogens is 263 g/mol. The van der Waals surface area contributed by atoms with Gasteiger partial charge in [0.05, 0.1) is 16.4 Å². The van der Waals surface area contributed by atoms with Crippen LogP contribution < -0.4 is 0 Å². The van der Waals surface area contributed by atoms with E-state index in [0.29, 0.717) is 5.92 Å². The summed E-state index contributed by atoms with van der Waals surface area (Å²) in [5.41, 5.74) is 2.15. The zero-order valence-corrected chi connectivity index (χ0v) is 11.2. The molecule has 0 N–H and O–H groups in total. The summed E-state index contributed by atoms with van der Waals surface area (Å²) < 4.78 is 1.90. The molecule has 1 aromatic rings. The van der Waals surface area contributed by atoms with E-state index in [-0.39, 0.29) is 0 Å². The summed E-state index contributed by atoms with van der Waals surface area (Å²) in [5.74, 6) is 0.590. The maximum atomic E-state index is 6.23. The maximum absolute atomic E-state index is 6.23. The highest BCUT2D eigenvalue weighted by Crippen LogP contribution is 2.23. The van der Waals surface area contributed by atoms with Gasteiger partial charge in [-0.05, 0) is 18.8 Å². The topological polar surface area (TPSA) is 17.8 Å². The van der Waals surface area contributed by atoms with Gasteiger partial charge < -0.3 is 0 Å². The lowest BCUT2D eigenvalue weighted by atomic mass is 10.1. The van der Waals surface area contributed by atoms with Crippen LogP contribution in [-0.4, -0.2) is 15.1 Å². The number of aromatic nitrogens is 2. The number of alkyl halides is 1. The Morgan fingerprint density at radius 1 is 1.57 bits per heavy atom. The van der Waals surface area contributed by atoms with Crippen molar-refractivity contribution in [3.8, 4) is 0 Å². The van der Waals surface area contributed by atoms with Gasteiger partial charge in [-0.3, -0.25) is 4.68 Å². The molecule has 0 saturated heterocycles. The molecule has 14 heavy (non-hydrogen) atoms. The minimum absolute atomic E-state index is 0.590. The Bertz CT molecular complexity index is 309. The minimum atomic E-state index is 0.590. The Morgan fingerprint density at radius 3 is 2.64 bits per heavy atom. The highest BCUT2D eigenvalue weighted by atomic mass is 79.9. The summed E-state index contributed by atoms with van der Waals surface area (Å²) in [7, 11) is 1.96. The van der Waals surface area contributed by atoms with E-state index >= 15 is 0 Å². The van der Waals surface area contributed by atoms with Gasteiger partial charge in [0.25, 0.3) is 0 Å². The highest BCUT2D eigenvalue weighted by Gasteiger charge is 2.14. The van der Waals surface area contributed by atoms with Crippen LogP contribution in [0.15, 0.2) is 0 Å². The molecule has 80 valence electrons. The van der Waals surface area contributed by atoms with E-state index in [1.807, 2.05) is 11.7 Å². The molecule has 1 unspecified atom stereocenters. The van der Waals surface area contributed by atoms with Gasteiger partial charge in [-0.1, -0.05) is 41.4 Å². The number of nitrogens with zero attached hydrogens (tertiary/aromatic N) is 2. The van der Waals surface area contributed by atoms with Crippen molar-refractivity contribution in [3.63, 3.8) is 0 Å². The first-order valence-corrected chi connectivity index (χ1v) is 6.36. The lowest BCUT2D eigenvalue weighted by molar-refractivity contribution is 0.604. The molecule has 1 atom stereocenters. The van der Waals surface area contributed by atoms with E-state index in [4.69, 9.17) is 11.6 Å². The Hall–Kier alpha value is -0.0200. The first-order valence-electron chi connectivity index (χ1n) is 4.86. The molecule has 0 spiro atoms. The molecule has 1 heterocycles. The molecule has 0 aliphatic rings. The van der Waals surface area contributed by atoms with Crippen molar-refractivity contribution < 1.29 is 0 Å². The lowest BCUT2D eigenvalue weighted by Gasteiger charge is -2.07. The Labute approximate surface area is 98.8 Å². The van der Waals surface area contributed by atoms with Crippen molar-refractivity contribution in [2.75, 3.05) is 5.33 Å². The van der Waals surface area contributed by atoms with Gasteiger partial charge >= 0.3 is 0 Å². The fourth-order valence-electron chi connectivity index (χ4n) is 1.43. The average molecular weight is 280 g/mol. The van der Waals surface area contributed by atoms with Crippen LogP contribution in [0.3, 0.4) is 0 Å². The number of halogens is 2. The molecule has 2 nitrogen and oxygen atoms in total. The number of rotatable bonds is 4. The van der Waals surface area contributed by atoms with Crippen LogP contribution in [-0.2, 0) is 19.9 Å². The Balaban J connectivity index is 2.90. The van der Waals surface area contributed by atoms with Gasteiger partial charge in [0.1, 0.15) is 0 Å². The SMILES string of the molecule is CCc1nn(C)c(CC(C)CBr)c1Cl. The molecular formula is C10H16BrClN2. The second-order valence-electron chi connectivity index (χ2n) is 3.65. The average Bonchev–Trinajstić information content (AvgIpc) is 2.44. The molecule has 4 heteroatoms. The zero-order chi connectivity index (χ0) is 10.7. The predicted octanol–water partition coefficient (Wildman–Crippen LogP) is 3.21. The quantitative estimate of drug-likeness (QED) is 0.774. The van der Waals surface area contributed by atoms with E-state index in [0.717, 1.165) is 34.6 Å². The summed E-state index contributed by atoms with van der Waals surface area (Å²) in [5, 5.41) is 6.23. The summed E-state index contributed by atoms with van der Waals surface area (Å²) >= 11 is 9.70. The van der Waals surface area contributed by atoms with Gasteiger partial charge in [0, 0.05) is 12.4 Å². The van der Waals surface area contributed by atoms with Crippen molar-refractivity contribution in [2.45, 2.75) is 26.7 Å². The van der Waals surface area contributed by atoms with Crippen molar-refractivity contribution >= 4 is 27.5 Å². The van der Waals surface area contributed by atoms with E-state index < -0.39 is 0 Å². The summed E-state index contributed by atoms with van der Waals surface area (Å²) in [6.45, 7) is 4.27. The standard InChI is InChI=1S/C10H16BrClN2/c1-4-8-10(12)9(14(3)13-8)5-7(2)6-11/h7H,4-6H2,1-3H3. The molecule has 0 radical (unpaired) electrons. The van der Waals surface area contributed by atoms with E-state index in [1.165, 1.54) is 0 Å². The Morgan fingerprint density at radius 2 is 2.21 bits per heavy atom. The van der Waals surface area contributed by atoms with Crippen LogP contribution in [0.2, 0.25) is 5.02 Å². The molecule has 1 rings (SSSR count). The fourth-order valence-corrected chi connectivity index (χ4v) is 2.03. The fraction of sp³-hybridized carbons (Fsp3) is 0.700. The van der Waals surface area contributed by atoms with Crippen LogP contribution >= 0.6 is 27.5 Å². The number of aryl methyl sites for hydroxylation is 2. The van der Waals surface area contributed by atoms with E-state index in [9.17, 15) is 0 Å². The third-order valence-corrected chi connectivity index (χ3v) is 3.85. The first kappa shape index (κ1) is 12.1. The molecule has 0 amide bonds. The van der Waals surface area contributed by atoms with Crippen LogP contribution in [0.25, 0.3) is 0 Å². The highest BCUT2D eigenvalue weighted by molar-refractivity contribution is 9.09. The third-order valence-electron chi connectivity index (χ3n) is 2.31. The molecule has 0 bridgehead atoms.